The highest BCUT2D eigenvalue weighted by Gasteiger charge is 2.38. The third kappa shape index (κ3) is 7.21. The molecular weight excluding hydrogens is 364 g/mol. The molecule has 1 fully saturated rings. The maximum Gasteiger partial charge on any atom is 0.178 e. The van der Waals surface area contributed by atoms with Crippen molar-refractivity contribution in [3.8, 4) is 0 Å². The first kappa shape index (κ1) is 24.1. The minimum atomic E-state index is -0.401. The first-order valence-corrected chi connectivity index (χ1v) is 10.8. The fourth-order valence-electron chi connectivity index (χ4n) is 2.62. The Labute approximate surface area is 177 Å². The summed E-state index contributed by atoms with van der Waals surface area (Å²) >= 11 is 0. The molecule has 0 aliphatic carbocycles. The van der Waals surface area contributed by atoms with Crippen molar-refractivity contribution in [1.29, 1.82) is 0 Å². The van der Waals surface area contributed by atoms with Crippen LogP contribution in [0.3, 0.4) is 0 Å². The third-order valence-corrected chi connectivity index (χ3v) is 6.30. The Bertz CT molecular complexity index is 601. The van der Waals surface area contributed by atoms with Gasteiger partial charge in [0.25, 0.3) is 0 Å². The second kappa shape index (κ2) is 10.2. The van der Waals surface area contributed by atoms with E-state index in [9.17, 15) is 0 Å². The van der Waals surface area contributed by atoms with E-state index in [1.165, 1.54) is 0 Å². The largest absolute Gasteiger partial charge is 0.373 e. The van der Waals surface area contributed by atoms with Crippen molar-refractivity contribution in [2.24, 2.45) is 11.8 Å². The Morgan fingerprint density at radius 3 is 1.69 bits per heavy atom. The third-order valence-electron chi connectivity index (χ3n) is 6.30. The number of ether oxygens (including phenoxy) is 4. The van der Waals surface area contributed by atoms with Crippen molar-refractivity contribution in [1.82, 2.24) is 0 Å². The highest BCUT2D eigenvalue weighted by Crippen LogP contribution is 2.28. The van der Waals surface area contributed by atoms with E-state index in [1.54, 1.807) is 0 Å². The molecule has 0 amide bonds. The highest BCUT2D eigenvalue weighted by molar-refractivity contribution is 5.49. The van der Waals surface area contributed by atoms with Gasteiger partial charge in [0.1, 0.15) is 12.2 Å². The van der Waals surface area contributed by atoms with Crippen LogP contribution in [0.4, 0.5) is 0 Å². The fourth-order valence-corrected chi connectivity index (χ4v) is 2.62. The van der Waals surface area contributed by atoms with Gasteiger partial charge in [-0.05, 0) is 51.2 Å². The van der Waals surface area contributed by atoms with E-state index in [0.29, 0.717) is 25.0 Å². The second-order valence-electron chi connectivity index (χ2n) is 9.63. The summed E-state index contributed by atoms with van der Waals surface area (Å²) in [6.07, 6.45) is 3.26. The van der Waals surface area contributed by atoms with Crippen LogP contribution in [0.5, 0.6) is 0 Å². The predicted molar refractivity (Wildman–Crippen MR) is 119 cm³/mol. The number of benzene rings is 1. The first-order chi connectivity index (χ1) is 13.5. The average molecular weight is 405 g/mol. The molecule has 1 aromatic carbocycles. The predicted octanol–water partition coefficient (Wildman–Crippen LogP) is 5.71. The summed E-state index contributed by atoms with van der Waals surface area (Å²) in [5, 5.41) is 0. The summed E-state index contributed by atoms with van der Waals surface area (Å²) in [4.78, 5) is 0. The second-order valence-corrected chi connectivity index (χ2v) is 9.63. The molecule has 0 N–H and O–H groups in total. The highest BCUT2D eigenvalue weighted by atomic mass is 16.7. The minimum absolute atomic E-state index is 0.165. The first-order valence-electron chi connectivity index (χ1n) is 10.8. The van der Waals surface area contributed by atoms with Crippen molar-refractivity contribution < 1.29 is 18.9 Å². The summed E-state index contributed by atoms with van der Waals surface area (Å²) in [6.45, 7) is 18.1. The van der Waals surface area contributed by atoms with E-state index in [1.807, 2.05) is 30.4 Å². The average Bonchev–Trinajstić information content (AvgIpc) is 3.06. The zero-order valence-electron chi connectivity index (χ0n) is 19.5. The van der Waals surface area contributed by atoms with E-state index in [4.69, 9.17) is 18.9 Å². The fraction of sp³-hybridized carbons (Fsp3) is 0.680. The molecule has 2 rings (SSSR count). The topological polar surface area (TPSA) is 36.9 Å². The van der Waals surface area contributed by atoms with Crippen molar-refractivity contribution in [3.05, 3.63) is 42.0 Å². The van der Waals surface area contributed by atoms with Crippen molar-refractivity contribution in [3.63, 3.8) is 0 Å². The van der Waals surface area contributed by atoms with Crippen molar-refractivity contribution in [2.45, 2.75) is 85.1 Å². The summed E-state index contributed by atoms with van der Waals surface area (Å²) in [5.41, 5.74) is 0.683. The van der Waals surface area contributed by atoms with Crippen LogP contribution in [0.15, 0.2) is 36.4 Å². The van der Waals surface area contributed by atoms with Crippen LogP contribution in [-0.4, -0.2) is 42.9 Å². The molecule has 0 radical (unpaired) electrons. The lowest BCUT2D eigenvalue weighted by atomic mass is 9.94. The lowest BCUT2D eigenvalue weighted by Crippen LogP contribution is -2.41. The molecule has 4 nitrogen and oxygen atoms in total. The number of hydrogen-bond acceptors (Lipinski definition) is 4. The quantitative estimate of drug-likeness (QED) is 0.500. The Hall–Kier alpha value is -1.20. The van der Waals surface area contributed by atoms with Gasteiger partial charge >= 0.3 is 0 Å². The summed E-state index contributed by atoms with van der Waals surface area (Å²) in [5.74, 6) is 0.821. The molecule has 1 aliphatic heterocycles. The molecule has 0 aromatic heterocycles. The van der Waals surface area contributed by atoms with Gasteiger partial charge in [0.2, 0.25) is 0 Å². The van der Waals surface area contributed by atoms with Crippen molar-refractivity contribution in [2.75, 3.05) is 13.2 Å². The molecule has 0 unspecified atom stereocenters. The van der Waals surface area contributed by atoms with Crippen LogP contribution in [0, 0.1) is 11.8 Å². The van der Waals surface area contributed by atoms with Gasteiger partial charge in [-0.1, -0.05) is 64.1 Å². The van der Waals surface area contributed by atoms with Gasteiger partial charge in [0.05, 0.1) is 24.4 Å². The number of hydrogen-bond donors (Lipinski definition) is 0. The van der Waals surface area contributed by atoms with E-state index < -0.39 is 6.29 Å². The molecule has 29 heavy (non-hydrogen) atoms. The van der Waals surface area contributed by atoms with Crippen LogP contribution in [0.2, 0.25) is 0 Å². The Balaban J connectivity index is 2.03. The smallest absolute Gasteiger partial charge is 0.178 e. The zero-order valence-corrected chi connectivity index (χ0v) is 19.5. The van der Waals surface area contributed by atoms with Crippen LogP contribution in [-0.2, 0) is 18.9 Å². The van der Waals surface area contributed by atoms with E-state index in [2.05, 4.69) is 67.5 Å². The zero-order chi connectivity index (χ0) is 21.7. The Morgan fingerprint density at radius 2 is 1.28 bits per heavy atom. The van der Waals surface area contributed by atoms with Crippen LogP contribution in [0.1, 0.15) is 61.0 Å². The maximum absolute atomic E-state index is 6.21. The van der Waals surface area contributed by atoms with Crippen LogP contribution >= 0.6 is 0 Å². The van der Waals surface area contributed by atoms with Gasteiger partial charge in [-0.2, -0.15) is 0 Å². The van der Waals surface area contributed by atoms with E-state index >= 15 is 0 Å². The lowest BCUT2D eigenvalue weighted by molar-refractivity contribution is -0.110. The van der Waals surface area contributed by atoms with Crippen molar-refractivity contribution >= 4 is 6.08 Å². The van der Waals surface area contributed by atoms with Crippen LogP contribution in [0.25, 0.3) is 6.08 Å². The summed E-state index contributed by atoms with van der Waals surface area (Å²) in [6, 6.07) is 10.2. The Morgan fingerprint density at radius 1 is 0.828 bits per heavy atom. The maximum atomic E-state index is 6.21. The van der Waals surface area contributed by atoms with Gasteiger partial charge in [-0.25, -0.2) is 0 Å². The monoisotopic (exact) mass is 404 g/mol. The molecular formula is C25H40O4. The van der Waals surface area contributed by atoms with Gasteiger partial charge in [-0.3, -0.25) is 0 Å². The van der Waals surface area contributed by atoms with Gasteiger partial charge < -0.3 is 18.9 Å². The summed E-state index contributed by atoms with van der Waals surface area (Å²) < 4.78 is 24.8. The molecule has 0 bridgehead atoms. The standard InChI is InChI=1S/C25H40O4/c1-18(2)24(5,6)26-16-21-22(17-27-25(7,8)19(3)4)29-23(28-21)15-14-20-12-10-9-11-13-20/h9-15,18-19,21-23H,16-17H2,1-8H3/b15-14+/t21-,22-/m0/s1. The molecule has 1 heterocycles. The van der Waals surface area contributed by atoms with E-state index in [0.717, 1.165) is 5.56 Å². The van der Waals surface area contributed by atoms with Crippen LogP contribution < -0.4 is 0 Å². The van der Waals surface area contributed by atoms with E-state index in [-0.39, 0.29) is 23.4 Å². The molecule has 164 valence electrons. The SMILES string of the molecule is CC(C)C(C)(C)OC[C@@H]1OC(/C=C/c2ccccc2)O[C@H]1COC(C)(C)C(C)C. The molecule has 2 atom stereocenters. The molecule has 0 saturated carbocycles. The minimum Gasteiger partial charge on any atom is -0.373 e. The molecule has 1 aromatic rings. The number of rotatable bonds is 10. The van der Waals surface area contributed by atoms with Gasteiger partial charge in [0, 0.05) is 0 Å². The lowest BCUT2D eigenvalue weighted by Gasteiger charge is -2.33. The molecule has 1 saturated heterocycles. The van der Waals surface area contributed by atoms with Gasteiger partial charge in [-0.15, -0.1) is 0 Å². The molecule has 1 aliphatic rings. The molecule has 0 spiro atoms. The van der Waals surface area contributed by atoms with Gasteiger partial charge in [0.15, 0.2) is 6.29 Å². The summed E-state index contributed by atoms with van der Waals surface area (Å²) in [7, 11) is 0. The molecule has 4 heteroatoms. The normalized spacial score (nSPS) is 21.7. The Kier molecular flexibility index (Phi) is 8.48.